The molecule has 0 atom stereocenters. The molecule has 0 saturated heterocycles. The quantitative estimate of drug-likeness (QED) is 0.749. The summed E-state index contributed by atoms with van der Waals surface area (Å²) in [6.07, 6.45) is 2.63. The minimum absolute atomic E-state index is 0.730. The highest BCUT2D eigenvalue weighted by atomic mass is 15.2. The van der Waals surface area contributed by atoms with Crippen LogP contribution in [0.2, 0.25) is 0 Å². The van der Waals surface area contributed by atoms with Gasteiger partial charge in [0.05, 0.1) is 5.69 Å². The highest BCUT2D eigenvalue weighted by molar-refractivity contribution is 5.40. The second-order valence-corrected chi connectivity index (χ2v) is 5.11. The molecule has 1 aromatic heterocycles. The normalized spacial score (nSPS) is 14.6. The van der Waals surface area contributed by atoms with Crippen molar-refractivity contribution in [3.05, 3.63) is 36.0 Å². The Morgan fingerprint density at radius 2 is 2.28 bits per heavy atom. The third kappa shape index (κ3) is 3.84. The van der Waals surface area contributed by atoms with Crippen LogP contribution in [0, 0.1) is 0 Å². The van der Waals surface area contributed by atoms with Crippen LogP contribution in [0.15, 0.2) is 30.4 Å². The third-order valence-electron chi connectivity index (χ3n) is 3.11. The van der Waals surface area contributed by atoms with E-state index in [1.54, 1.807) is 0 Å². The molecule has 1 aromatic rings. The van der Waals surface area contributed by atoms with E-state index in [0.717, 1.165) is 37.2 Å². The Morgan fingerprint density at radius 1 is 1.50 bits per heavy atom. The molecule has 3 nitrogen and oxygen atoms in total. The molecule has 1 fully saturated rings. The number of hydrogen-bond donors (Lipinski definition) is 1. The molecular formula is C15H23N3. The molecular weight excluding hydrogens is 222 g/mol. The first-order chi connectivity index (χ1) is 8.69. The zero-order valence-corrected chi connectivity index (χ0v) is 11.4. The third-order valence-corrected chi connectivity index (χ3v) is 3.11. The zero-order chi connectivity index (χ0) is 13.0. The van der Waals surface area contributed by atoms with Gasteiger partial charge in [-0.15, -0.1) is 0 Å². The van der Waals surface area contributed by atoms with Crippen LogP contribution in [0.1, 0.15) is 32.4 Å². The summed E-state index contributed by atoms with van der Waals surface area (Å²) >= 11 is 0. The Kier molecular flexibility index (Phi) is 4.37. The summed E-state index contributed by atoms with van der Waals surface area (Å²) in [6.45, 7) is 10.9. The van der Waals surface area contributed by atoms with Crippen molar-refractivity contribution in [1.29, 1.82) is 0 Å². The molecule has 1 aliphatic rings. The van der Waals surface area contributed by atoms with Crippen LogP contribution in [-0.4, -0.2) is 24.1 Å². The van der Waals surface area contributed by atoms with Gasteiger partial charge in [-0.25, -0.2) is 4.98 Å². The minimum Gasteiger partial charge on any atom is -0.353 e. The van der Waals surface area contributed by atoms with Crippen molar-refractivity contribution >= 4 is 5.82 Å². The summed E-state index contributed by atoms with van der Waals surface area (Å²) in [5.74, 6) is 1.05. The monoisotopic (exact) mass is 245 g/mol. The largest absolute Gasteiger partial charge is 0.353 e. The molecule has 1 saturated carbocycles. The number of aromatic nitrogens is 1. The minimum atomic E-state index is 0.730. The lowest BCUT2D eigenvalue weighted by Gasteiger charge is -2.22. The first kappa shape index (κ1) is 13.1. The summed E-state index contributed by atoms with van der Waals surface area (Å²) < 4.78 is 0. The maximum Gasteiger partial charge on any atom is 0.129 e. The lowest BCUT2D eigenvalue weighted by Crippen LogP contribution is -2.26. The zero-order valence-electron chi connectivity index (χ0n) is 11.4. The predicted molar refractivity (Wildman–Crippen MR) is 76.8 cm³/mol. The van der Waals surface area contributed by atoms with E-state index in [-0.39, 0.29) is 0 Å². The van der Waals surface area contributed by atoms with Gasteiger partial charge in [0.2, 0.25) is 0 Å². The van der Waals surface area contributed by atoms with Crippen molar-refractivity contribution in [2.75, 3.05) is 18.0 Å². The molecule has 0 amide bonds. The number of pyridine rings is 1. The van der Waals surface area contributed by atoms with Gasteiger partial charge in [-0.1, -0.05) is 18.2 Å². The molecule has 0 aliphatic heterocycles. The van der Waals surface area contributed by atoms with Crippen LogP contribution >= 0.6 is 0 Å². The van der Waals surface area contributed by atoms with E-state index in [1.807, 2.05) is 0 Å². The van der Waals surface area contributed by atoms with Gasteiger partial charge in [0.25, 0.3) is 0 Å². The number of anilines is 1. The highest BCUT2D eigenvalue weighted by Gasteiger charge is 2.20. The van der Waals surface area contributed by atoms with Gasteiger partial charge in [0.1, 0.15) is 5.82 Å². The first-order valence-electron chi connectivity index (χ1n) is 6.77. The number of hydrogen-bond acceptors (Lipinski definition) is 3. The number of nitrogens with zero attached hydrogens (tertiary/aromatic N) is 2. The van der Waals surface area contributed by atoms with E-state index in [0.29, 0.717) is 0 Å². The van der Waals surface area contributed by atoms with E-state index in [4.69, 9.17) is 4.98 Å². The summed E-state index contributed by atoms with van der Waals surface area (Å²) in [5.41, 5.74) is 2.29. The molecule has 1 N–H and O–H groups in total. The Balaban J connectivity index is 2.01. The van der Waals surface area contributed by atoms with Crippen molar-refractivity contribution in [2.24, 2.45) is 0 Å². The average Bonchev–Trinajstić information content (AvgIpc) is 3.17. The molecule has 2 rings (SSSR count). The summed E-state index contributed by atoms with van der Waals surface area (Å²) in [4.78, 5) is 6.97. The van der Waals surface area contributed by atoms with Crippen molar-refractivity contribution in [2.45, 2.75) is 39.3 Å². The highest BCUT2D eigenvalue weighted by Crippen LogP contribution is 2.19. The van der Waals surface area contributed by atoms with Crippen LogP contribution in [0.25, 0.3) is 0 Å². The molecule has 1 heterocycles. The predicted octanol–water partition coefficient (Wildman–Crippen LogP) is 2.74. The van der Waals surface area contributed by atoms with E-state index in [1.165, 1.54) is 18.4 Å². The smallest absolute Gasteiger partial charge is 0.129 e. The van der Waals surface area contributed by atoms with Gasteiger partial charge in [-0.2, -0.15) is 0 Å². The van der Waals surface area contributed by atoms with Crippen molar-refractivity contribution in [3.8, 4) is 0 Å². The van der Waals surface area contributed by atoms with E-state index < -0.39 is 0 Å². The van der Waals surface area contributed by atoms with E-state index in [2.05, 4.69) is 48.8 Å². The Labute approximate surface area is 110 Å². The maximum atomic E-state index is 4.72. The molecule has 0 unspecified atom stereocenters. The van der Waals surface area contributed by atoms with Crippen molar-refractivity contribution in [1.82, 2.24) is 10.3 Å². The molecule has 18 heavy (non-hydrogen) atoms. The topological polar surface area (TPSA) is 28.2 Å². The standard InChI is InChI=1S/C15H23N3/c1-4-18(11-12(2)3)15-7-5-6-14(17-15)10-16-13-8-9-13/h5-7,13,16H,2,4,8-11H2,1,3H3. The molecule has 3 heteroatoms. The second kappa shape index (κ2) is 6.01. The van der Waals surface area contributed by atoms with Crippen LogP contribution in [-0.2, 0) is 6.54 Å². The maximum absolute atomic E-state index is 4.72. The molecule has 1 aliphatic carbocycles. The molecule has 98 valence electrons. The Bertz CT molecular complexity index is 410. The Hall–Kier alpha value is -1.35. The van der Waals surface area contributed by atoms with Crippen molar-refractivity contribution in [3.63, 3.8) is 0 Å². The number of nitrogens with one attached hydrogen (secondary N) is 1. The van der Waals surface area contributed by atoms with Crippen LogP contribution in [0.3, 0.4) is 0 Å². The van der Waals surface area contributed by atoms with Gasteiger partial charge in [-0.05, 0) is 38.8 Å². The molecule has 0 spiro atoms. The lowest BCUT2D eigenvalue weighted by atomic mass is 10.3. The summed E-state index contributed by atoms with van der Waals surface area (Å²) in [5, 5.41) is 3.50. The van der Waals surface area contributed by atoms with Crippen LogP contribution in [0.4, 0.5) is 5.82 Å². The van der Waals surface area contributed by atoms with Gasteiger partial charge in [0.15, 0.2) is 0 Å². The first-order valence-corrected chi connectivity index (χ1v) is 6.77. The van der Waals surface area contributed by atoms with Crippen molar-refractivity contribution < 1.29 is 0 Å². The SMILES string of the molecule is C=C(C)CN(CC)c1cccc(CNC2CC2)n1. The van der Waals surface area contributed by atoms with Gasteiger partial charge in [0, 0.05) is 25.7 Å². The fourth-order valence-electron chi connectivity index (χ4n) is 1.96. The van der Waals surface area contributed by atoms with E-state index >= 15 is 0 Å². The fraction of sp³-hybridized carbons (Fsp3) is 0.533. The fourth-order valence-corrected chi connectivity index (χ4v) is 1.96. The lowest BCUT2D eigenvalue weighted by molar-refractivity contribution is 0.673. The summed E-state index contributed by atoms with van der Waals surface area (Å²) in [6, 6.07) is 6.99. The van der Waals surface area contributed by atoms with Gasteiger partial charge < -0.3 is 10.2 Å². The van der Waals surface area contributed by atoms with Gasteiger partial charge >= 0.3 is 0 Å². The van der Waals surface area contributed by atoms with Crippen LogP contribution < -0.4 is 10.2 Å². The van der Waals surface area contributed by atoms with Gasteiger partial charge in [-0.3, -0.25) is 0 Å². The number of likely N-dealkylation sites (N-methyl/N-ethyl adjacent to an activating group) is 1. The second-order valence-electron chi connectivity index (χ2n) is 5.11. The number of rotatable bonds is 7. The Morgan fingerprint density at radius 3 is 2.89 bits per heavy atom. The van der Waals surface area contributed by atoms with Crippen LogP contribution in [0.5, 0.6) is 0 Å². The van der Waals surface area contributed by atoms with E-state index in [9.17, 15) is 0 Å². The molecule has 0 bridgehead atoms. The molecule has 0 radical (unpaired) electrons. The average molecular weight is 245 g/mol. The summed E-state index contributed by atoms with van der Waals surface area (Å²) in [7, 11) is 0. The molecule has 0 aromatic carbocycles.